The van der Waals surface area contributed by atoms with Crippen LogP contribution >= 0.6 is 0 Å². The molecule has 0 aliphatic rings. The van der Waals surface area contributed by atoms with Gasteiger partial charge in [-0.1, -0.05) is 15.5 Å². The van der Waals surface area contributed by atoms with Gasteiger partial charge in [0.25, 0.3) is 0 Å². The summed E-state index contributed by atoms with van der Waals surface area (Å²) in [6.45, 7) is 6.21. The van der Waals surface area contributed by atoms with Gasteiger partial charge in [-0.3, -0.25) is 4.90 Å². The van der Waals surface area contributed by atoms with Crippen molar-refractivity contribution in [2.24, 2.45) is 15.5 Å². The van der Waals surface area contributed by atoms with Gasteiger partial charge in [-0.2, -0.15) is 0 Å². The molecule has 0 atom stereocenters. The molecule has 0 fully saturated rings. The van der Waals surface area contributed by atoms with E-state index in [2.05, 4.69) is 15.5 Å². The summed E-state index contributed by atoms with van der Waals surface area (Å²) in [7, 11) is 0. The van der Waals surface area contributed by atoms with Gasteiger partial charge in [0, 0.05) is 19.6 Å². The van der Waals surface area contributed by atoms with Gasteiger partial charge in [-0.05, 0) is 20.8 Å². The van der Waals surface area contributed by atoms with Gasteiger partial charge < -0.3 is 51.7 Å². The molecule has 0 saturated carbocycles. The van der Waals surface area contributed by atoms with Crippen LogP contribution in [0.25, 0.3) is 0 Å². The first-order valence-corrected chi connectivity index (χ1v) is 5.88. The van der Waals surface area contributed by atoms with E-state index in [0.29, 0.717) is 36.8 Å². The second kappa shape index (κ2) is 22.2. The fourth-order valence-corrected chi connectivity index (χ4v) is 1.23. The zero-order valence-corrected chi connectivity index (χ0v) is 14.9. The zero-order valence-electron chi connectivity index (χ0n) is 13.9. The van der Waals surface area contributed by atoms with E-state index in [9.17, 15) is 0 Å². The molecule has 0 spiro atoms. The van der Waals surface area contributed by atoms with Crippen molar-refractivity contribution in [1.82, 2.24) is 4.90 Å². The van der Waals surface area contributed by atoms with E-state index < -0.39 is 10.2 Å². The summed E-state index contributed by atoms with van der Waals surface area (Å²) < 4.78 is 0. The molecular weight excluding hydrogens is 411 g/mol. The van der Waals surface area contributed by atoms with Crippen molar-refractivity contribution >= 4 is 17.1 Å². The van der Waals surface area contributed by atoms with Crippen LogP contribution in [-0.2, 0) is 16.5 Å². The summed E-state index contributed by atoms with van der Waals surface area (Å²) in [5, 5.41) is 64.4. The summed E-state index contributed by atoms with van der Waals surface area (Å²) in [5.41, 5.74) is 1.57. The average Bonchev–Trinajstić information content (AvgIpc) is 2.45. The third-order valence-electron chi connectivity index (χ3n) is 1.87. The Bertz CT molecular complexity index is 404. The Hall–Kier alpha value is -2.78. The number of nitrogens with zero attached hydrogens (tertiary/aromatic N) is 6. The Balaban J connectivity index is -0.000000124. The first-order valence-electron chi connectivity index (χ1n) is 5.88. The molecule has 16 nitrogen and oxygen atoms in total. The van der Waals surface area contributed by atoms with Crippen LogP contribution in [0.15, 0.2) is 15.5 Å². The van der Waals surface area contributed by atoms with E-state index in [1.807, 2.05) is 4.90 Å². The van der Waals surface area contributed by atoms with Gasteiger partial charge in [0.1, 0.15) is 0 Å². The summed E-state index contributed by atoms with van der Waals surface area (Å²) in [6, 6.07) is 0. The predicted molar refractivity (Wildman–Crippen MR) is 85.5 cm³/mol. The molecule has 0 unspecified atom stereocenters. The first kappa shape index (κ1) is 34.5. The fraction of sp³-hybridized carbons (Fsp3) is 0.667. The molecule has 0 aromatic carbocycles. The SMILES string of the molecule is C/C(CN(C/C(C)=N/O)C/C(C)=N/O)=N\O.O.O=[N+]([O-])[O-].O=[N+]([O-])[O-].[Ni+2]. The summed E-state index contributed by atoms with van der Waals surface area (Å²) in [5.74, 6) is 0. The predicted octanol–water partition coefficient (Wildman–Crippen LogP) is -0.467. The van der Waals surface area contributed by atoms with Gasteiger partial charge >= 0.3 is 16.5 Å². The maximum absolute atomic E-state index is 8.57. The van der Waals surface area contributed by atoms with Gasteiger partial charge in [-0.15, -0.1) is 0 Å². The molecule has 156 valence electrons. The van der Waals surface area contributed by atoms with E-state index in [0.717, 1.165) is 0 Å². The fourth-order valence-electron chi connectivity index (χ4n) is 1.23. The van der Waals surface area contributed by atoms with Crippen LogP contribution in [0.3, 0.4) is 0 Å². The Kier molecular flexibility index (Phi) is 29.5. The minimum absolute atomic E-state index is 0. The van der Waals surface area contributed by atoms with Crippen molar-refractivity contribution in [2.75, 3.05) is 19.6 Å². The van der Waals surface area contributed by atoms with Crippen LogP contribution in [-0.4, -0.2) is 72.9 Å². The van der Waals surface area contributed by atoms with Crippen molar-refractivity contribution < 1.29 is 47.8 Å². The van der Waals surface area contributed by atoms with Crippen molar-refractivity contribution in [2.45, 2.75) is 20.8 Å². The molecule has 0 aliphatic heterocycles. The van der Waals surface area contributed by atoms with Gasteiger partial charge in [-0.25, -0.2) is 0 Å². The summed E-state index contributed by atoms with van der Waals surface area (Å²) in [4.78, 5) is 18.3. The third kappa shape index (κ3) is 37.5. The van der Waals surface area contributed by atoms with Crippen molar-refractivity contribution in [3.8, 4) is 0 Å². The zero-order chi connectivity index (χ0) is 19.7. The topological polar surface area (TPSA) is 265 Å². The molecule has 0 heterocycles. The Morgan fingerprint density at radius 1 is 0.769 bits per heavy atom. The molecule has 0 amide bonds. The van der Waals surface area contributed by atoms with Crippen molar-refractivity contribution in [3.05, 3.63) is 30.6 Å². The van der Waals surface area contributed by atoms with E-state index in [1.165, 1.54) is 0 Å². The Labute approximate surface area is 157 Å². The van der Waals surface area contributed by atoms with Crippen LogP contribution in [0.5, 0.6) is 0 Å². The molecule has 17 heteroatoms. The number of hydrogen-bond acceptors (Lipinski definition) is 13. The molecule has 0 saturated heterocycles. The largest absolute Gasteiger partial charge is 2.00 e. The monoisotopic (exact) mass is 430 g/mol. The first-order chi connectivity index (χ1) is 11.0. The number of rotatable bonds is 6. The standard InChI is InChI=1S/C9H18N4O3.2NO3.Ni.H2O/c1-7(10-14)4-13(5-8(2)11-15)6-9(3)12-16;2*2-1(3)4;;/h14-16H,4-6H2,1-3H3;;;;1H2/q;2*-1;+2;/b10-7+,11-8+,12-9+;;;;. The average molecular weight is 431 g/mol. The van der Waals surface area contributed by atoms with Crippen LogP contribution in [0.1, 0.15) is 20.8 Å². The van der Waals surface area contributed by atoms with E-state index in [4.69, 9.17) is 46.3 Å². The number of oxime groups is 3. The minimum Gasteiger partial charge on any atom is -0.412 e. The smallest absolute Gasteiger partial charge is 0.412 e. The van der Waals surface area contributed by atoms with Gasteiger partial charge in [0.2, 0.25) is 0 Å². The van der Waals surface area contributed by atoms with Crippen LogP contribution in [0.4, 0.5) is 0 Å². The Morgan fingerprint density at radius 2 is 0.923 bits per heavy atom. The quantitative estimate of drug-likeness (QED) is 0.160. The maximum Gasteiger partial charge on any atom is 2.00 e. The molecular formula is C9H20N6NiO10. The molecule has 0 aromatic heterocycles. The second-order valence-corrected chi connectivity index (χ2v) is 4.10. The molecule has 0 aliphatic carbocycles. The van der Waals surface area contributed by atoms with E-state index in [1.54, 1.807) is 20.8 Å². The molecule has 0 rings (SSSR count). The minimum atomic E-state index is -1.75. The van der Waals surface area contributed by atoms with Crippen LogP contribution in [0.2, 0.25) is 0 Å². The Morgan fingerprint density at radius 3 is 1.04 bits per heavy atom. The van der Waals surface area contributed by atoms with Crippen molar-refractivity contribution in [1.29, 1.82) is 0 Å². The van der Waals surface area contributed by atoms with Crippen LogP contribution in [0, 0.1) is 30.6 Å². The molecule has 0 aromatic rings. The molecule has 0 radical (unpaired) electrons. The molecule has 5 N–H and O–H groups in total. The molecule has 0 bridgehead atoms. The van der Waals surface area contributed by atoms with Crippen molar-refractivity contribution in [3.63, 3.8) is 0 Å². The van der Waals surface area contributed by atoms with E-state index >= 15 is 0 Å². The normalized spacial score (nSPS) is 10.8. The molecule has 26 heavy (non-hydrogen) atoms. The summed E-state index contributed by atoms with van der Waals surface area (Å²) >= 11 is 0. The number of hydrogen-bond donors (Lipinski definition) is 3. The van der Waals surface area contributed by atoms with E-state index in [-0.39, 0.29) is 22.0 Å². The van der Waals surface area contributed by atoms with Gasteiger partial charge in [0.15, 0.2) is 0 Å². The van der Waals surface area contributed by atoms with Gasteiger partial charge in [0.05, 0.1) is 27.3 Å². The third-order valence-corrected chi connectivity index (χ3v) is 1.87. The summed E-state index contributed by atoms with van der Waals surface area (Å²) in [6.07, 6.45) is 0. The van der Waals surface area contributed by atoms with Crippen LogP contribution < -0.4 is 0 Å². The second-order valence-electron chi connectivity index (χ2n) is 4.10. The maximum atomic E-state index is 8.57.